The molecular weight excluding hydrogens is 460 g/mol. The number of hydrazine groups is 1. The lowest BCUT2D eigenvalue weighted by Gasteiger charge is -2.48. The van der Waals surface area contributed by atoms with Gasteiger partial charge in [-0.3, -0.25) is 14.5 Å². The first-order valence-corrected chi connectivity index (χ1v) is 12.2. The van der Waals surface area contributed by atoms with Gasteiger partial charge in [0, 0.05) is 32.3 Å². The molecule has 2 bridgehead atoms. The lowest BCUT2D eigenvalue weighted by molar-refractivity contribution is -0.167. The van der Waals surface area contributed by atoms with Gasteiger partial charge in [0.2, 0.25) is 5.91 Å². The monoisotopic (exact) mass is 489 g/mol. The van der Waals surface area contributed by atoms with Crippen LogP contribution < -0.4 is 10.7 Å². The molecule has 1 amide bonds. The number of ether oxygens (including phenoxy) is 1. The van der Waals surface area contributed by atoms with Crippen molar-refractivity contribution in [3.63, 3.8) is 0 Å². The number of carbonyl (C=O) groups excluding carboxylic acids is 1. The van der Waals surface area contributed by atoms with Crippen LogP contribution in [0.15, 0.2) is 34.9 Å². The molecule has 10 nitrogen and oxygen atoms in total. The SMILES string of the molecule is NC(=O)C1=C2N=C(N3CC4CC(C3)O4)C=CN2N(c2cn(C3CCC(CO)CC3)nc2C(F)F)C1. The number of carbonyl (C=O) groups is 1. The maximum atomic E-state index is 14.1. The van der Waals surface area contributed by atoms with Crippen molar-refractivity contribution in [3.05, 3.63) is 35.6 Å². The number of hydrogen-bond acceptors (Lipinski definition) is 8. The third kappa shape index (κ3) is 3.88. The summed E-state index contributed by atoms with van der Waals surface area (Å²) in [6.45, 7) is 1.63. The highest BCUT2D eigenvalue weighted by molar-refractivity contribution is 5.99. The lowest BCUT2D eigenvalue weighted by atomic mass is 9.87. The summed E-state index contributed by atoms with van der Waals surface area (Å²) >= 11 is 0. The van der Waals surface area contributed by atoms with E-state index in [0.717, 1.165) is 45.2 Å². The summed E-state index contributed by atoms with van der Waals surface area (Å²) in [5.74, 6) is 0.679. The maximum Gasteiger partial charge on any atom is 0.284 e. The predicted octanol–water partition coefficient (Wildman–Crippen LogP) is 1.68. The molecule has 1 aromatic rings. The van der Waals surface area contributed by atoms with Gasteiger partial charge in [-0.15, -0.1) is 0 Å². The van der Waals surface area contributed by atoms with E-state index in [0.29, 0.717) is 11.7 Å². The fraction of sp³-hybridized carbons (Fsp3) is 0.609. The van der Waals surface area contributed by atoms with Crippen molar-refractivity contribution in [1.82, 2.24) is 19.7 Å². The van der Waals surface area contributed by atoms with E-state index < -0.39 is 12.3 Å². The van der Waals surface area contributed by atoms with Gasteiger partial charge in [-0.1, -0.05) is 0 Å². The number of aliphatic imine (C=N–C) groups is 1. The molecule has 0 spiro atoms. The van der Waals surface area contributed by atoms with E-state index in [2.05, 4.69) is 10.00 Å². The van der Waals surface area contributed by atoms with Crippen LogP contribution in [-0.2, 0) is 9.53 Å². The van der Waals surface area contributed by atoms with Gasteiger partial charge >= 0.3 is 0 Å². The van der Waals surface area contributed by atoms with Gasteiger partial charge in [-0.2, -0.15) is 5.10 Å². The fourth-order valence-corrected chi connectivity index (χ4v) is 5.74. The number of amides is 1. The van der Waals surface area contributed by atoms with E-state index in [4.69, 9.17) is 15.5 Å². The molecule has 1 saturated carbocycles. The quantitative estimate of drug-likeness (QED) is 0.647. The zero-order valence-corrected chi connectivity index (χ0v) is 19.3. The minimum atomic E-state index is -2.78. The Hall–Kier alpha value is -2.99. The third-order valence-corrected chi connectivity index (χ3v) is 7.69. The summed E-state index contributed by atoms with van der Waals surface area (Å²) in [6.07, 6.45) is 7.05. The number of hydrogen-bond donors (Lipinski definition) is 2. The van der Waals surface area contributed by atoms with Crippen molar-refractivity contribution in [2.45, 2.75) is 56.8 Å². The van der Waals surface area contributed by atoms with E-state index in [1.165, 1.54) is 0 Å². The van der Waals surface area contributed by atoms with Gasteiger partial charge in [0.05, 0.1) is 36.6 Å². The number of alkyl halides is 2. The number of morpholine rings is 1. The van der Waals surface area contributed by atoms with Crippen LogP contribution in [0.5, 0.6) is 0 Å². The molecule has 188 valence electrons. The third-order valence-electron chi connectivity index (χ3n) is 7.69. The van der Waals surface area contributed by atoms with Crippen molar-refractivity contribution in [2.24, 2.45) is 16.6 Å². The second kappa shape index (κ2) is 8.59. The number of aromatic nitrogens is 2. The largest absolute Gasteiger partial charge is 0.396 e. The van der Waals surface area contributed by atoms with Crippen molar-refractivity contribution < 1.29 is 23.4 Å². The average molecular weight is 490 g/mol. The number of nitrogens with zero attached hydrogens (tertiary/aromatic N) is 6. The molecule has 2 unspecified atom stereocenters. The Bertz CT molecular complexity index is 1090. The summed E-state index contributed by atoms with van der Waals surface area (Å²) in [5, 5.41) is 16.9. The van der Waals surface area contributed by atoms with Crippen molar-refractivity contribution in [1.29, 1.82) is 0 Å². The van der Waals surface area contributed by atoms with Crippen LogP contribution in [0.25, 0.3) is 0 Å². The van der Waals surface area contributed by atoms with Gasteiger partial charge in [-0.05, 0) is 37.7 Å². The highest BCUT2D eigenvalue weighted by Crippen LogP contribution is 2.40. The fourth-order valence-electron chi connectivity index (χ4n) is 5.74. The van der Waals surface area contributed by atoms with Gasteiger partial charge in [0.15, 0.2) is 11.5 Å². The summed E-state index contributed by atoms with van der Waals surface area (Å²) in [7, 11) is 0. The highest BCUT2D eigenvalue weighted by Gasteiger charge is 2.42. The normalized spacial score (nSPS) is 30.1. The predicted molar refractivity (Wildman–Crippen MR) is 122 cm³/mol. The van der Waals surface area contributed by atoms with E-state index in [1.54, 1.807) is 27.1 Å². The molecule has 6 heterocycles. The Morgan fingerprint density at radius 1 is 1.23 bits per heavy atom. The van der Waals surface area contributed by atoms with Gasteiger partial charge in [-0.25, -0.2) is 18.8 Å². The Kier molecular flexibility index (Phi) is 5.52. The molecular formula is C23H29F2N7O3. The molecule has 3 N–H and O–H groups in total. The Labute approximate surface area is 201 Å². The number of aliphatic hydroxyl groups excluding tert-OH is 1. The molecule has 7 rings (SSSR count). The van der Waals surface area contributed by atoms with Gasteiger partial charge in [0.1, 0.15) is 11.5 Å². The molecule has 1 aromatic heterocycles. The molecule has 1 aliphatic carbocycles. The van der Waals surface area contributed by atoms with Crippen molar-refractivity contribution in [3.8, 4) is 0 Å². The molecule has 0 radical (unpaired) electrons. The molecule has 5 aliphatic heterocycles. The summed E-state index contributed by atoms with van der Waals surface area (Å²) in [5.41, 5.74) is 5.84. The maximum absolute atomic E-state index is 14.1. The number of fused-ring (bicyclic) bond motifs is 3. The second-order valence-corrected chi connectivity index (χ2v) is 9.91. The van der Waals surface area contributed by atoms with Crippen LogP contribution in [-0.4, -0.2) is 75.0 Å². The standard InChI is InChI=1S/C23H29F2N7O3/c24-21(25)20-18(11-30(28-20)14-3-1-13(12-33)2-4-14)32-10-17(22(26)34)23-27-19(5-6-31(23)32)29-8-15-7-16(9-29)35-15/h5-6,11,13-16,21,33H,1-4,7-10,12H2,(H2,26,34). The van der Waals surface area contributed by atoms with Crippen LogP contribution in [0.1, 0.15) is 50.3 Å². The summed E-state index contributed by atoms with van der Waals surface area (Å²) in [4.78, 5) is 19.1. The molecule has 6 aliphatic rings. The number of halogens is 2. The molecule has 35 heavy (non-hydrogen) atoms. The molecule has 12 heteroatoms. The number of nitrogens with two attached hydrogens (primary N) is 1. The van der Waals surface area contributed by atoms with E-state index in [-0.39, 0.29) is 54.3 Å². The first-order valence-electron chi connectivity index (χ1n) is 12.2. The average Bonchev–Trinajstić information content (AvgIpc) is 3.46. The summed E-state index contributed by atoms with van der Waals surface area (Å²) in [6, 6.07) is -0.0102. The number of rotatable bonds is 5. The van der Waals surface area contributed by atoms with Crippen LogP contribution >= 0.6 is 0 Å². The van der Waals surface area contributed by atoms with Crippen molar-refractivity contribution in [2.75, 3.05) is 31.3 Å². The van der Waals surface area contributed by atoms with Crippen LogP contribution in [0, 0.1) is 5.92 Å². The van der Waals surface area contributed by atoms with Gasteiger partial charge in [0.25, 0.3) is 6.43 Å². The number of primary amides is 1. The molecule has 4 fully saturated rings. The number of piperidine rings is 1. The minimum Gasteiger partial charge on any atom is -0.396 e. The smallest absolute Gasteiger partial charge is 0.284 e. The Morgan fingerprint density at radius 3 is 2.57 bits per heavy atom. The minimum absolute atomic E-state index is 0.0102. The first kappa shape index (κ1) is 22.5. The molecule has 3 saturated heterocycles. The number of anilines is 1. The Morgan fingerprint density at radius 2 is 1.94 bits per heavy atom. The lowest BCUT2D eigenvalue weighted by Crippen LogP contribution is -2.58. The van der Waals surface area contributed by atoms with Gasteiger partial charge < -0.3 is 20.5 Å². The van der Waals surface area contributed by atoms with E-state index in [1.807, 2.05) is 6.08 Å². The van der Waals surface area contributed by atoms with Crippen LogP contribution in [0.4, 0.5) is 14.5 Å². The zero-order valence-electron chi connectivity index (χ0n) is 19.3. The molecule has 2 atom stereocenters. The highest BCUT2D eigenvalue weighted by atomic mass is 19.3. The van der Waals surface area contributed by atoms with Crippen molar-refractivity contribution >= 4 is 17.4 Å². The number of aliphatic hydroxyl groups is 1. The summed E-state index contributed by atoms with van der Waals surface area (Å²) < 4.78 is 35.5. The van der Waals surface area contributed by atoms with E-state index >= 15 is 0 Å². The zero-order chi connectivity index (χ0) is 24.3. The first-order chi connectivity index (χ1) is 16.9. The number of amidine groups is 1. The Balaban J connectivity index is 1.28. The molecule has 0 aromatic carbocycles. The van der Waals surface area contributed by atoms with E-state index in [9.17, 15) is 18.7 Å². The van der Waals surface area contributed by atoms with Crippen LogP contribution in [0.3, 0.4) is 0 Å². The second-order valence-electron chi connectivity index (χ2n) is 9.91. The topological polar surface area (TPSA) is 112 Å². The van der Waals surface area contributed by atoms with Crippen LogP contribution in [0.2, 0.25) is 0 Å².